The Morgan fingerprint density at radius 1 is 1.31 bits per heavy atom. The first-order valence-electron chi connectivity index (χ1n) is 5.76. The van der Waals surface area contributed by atoms with E-state index in [9.17, 15) is 4.39 Å². The van der Waals surface area contributed by atoms with Crippen molar-refractivity contribution in [2.45, 2.75) is 32.7 Å². The standard InChI is InChI=1S/C13H19ClFN/c1-4-9(5-2)13(16-3)10-7-6-8-11(15)12(10)14/h6-9,13,16H,4-5H2,1-3H3. The fraction of sp³-hybridized carbons (Fsp3) is 0.538. The lowest BCUT2D eigenvalue weighted by atomic mass is 9.89. The van der Waals surface area contributed by atoms with Gasteiger partial charge < -0.3 is 5.32 Å². The summed E-state index contributed by atoms with van der Waals surface area (Å²) in [7, 11) is 1.89. The maximum atomic E-state index is 13.4. The molecular weight excluding hydrogens is 225 g/mol. The topological polar surface area (TPSA) is 12.0 Å². The molecule has 1 N–H and O–H groups in total. The monoisotopic (exact) mass is 243 g/mol. The minimum atomic E-state index is -0.342. The Labute approximate surface area is 102 Å². The van der Waals surface area contributed by atoms with Gasteiger partial charge in [-0.3, -0.25) is 0 Å². The van der Waals surface area contributed by atoms with Gasteiger partial charge >= 0.3 is 0 Å². The summed E-state index contributed by atoms with van der Waals surface area (Å²) in [4.78, 5) is 0. The Morgan fingerprint density at radius 2 is 1.94 bits per heavy atom. The van der Waals surface area contributed by atoms with Crippen LogP contribution in [-0.2, 0) is 0 Å². The third-order valence-corrected chi connectivity index (χ3v) is 3.55. The number of benzene rings is 1. The summed E-state index contributed by atoms with van der Waals surface area (Å²) in [5.41, 5.74) is 0.859. The normalized spacial score (nSPS) is 13.1. The molecule has 16 heavy (non-hydrogen) atoms. The van der Waals surface area contributed by atoms with Crippen molar-refractivity contribution in [1.82, 2.24) is 5.32 Å². The molecule has 1 rings (SSSR count). The Hall–Kier alpha value is -0.600. The van der Waals surface area contributed by atoms with E-state index < -0.39 is 0 Å². The summed E-state index contributed by atoms with van der Waals surface area (Å²) in [5, 5.41) is 3.48. The molecule has 3 heteroatoms. The van der Waals surface area contributed by atoms with Gasteiger partial charge in [0.15, 0.2) is 0 Å². The Morgan fingerprint density at radius 3 is 2.44 bits per heavy atom. The van der Waals surface area contributed by atoms with E-state index in [1.165, 1.54) is 6.07 Å². The highest BCUT2D eigenvalue weighted by atomic mass is 35.5. The summed E-state index contributed by atoms with van der Waals surface area (Å²) < 4.78 is 13.4. The average molecular weight is 244 g/mol. The number of nitrogens with one attached hydrogen (secondary N) is 1. The van der Waals surface area contributed by atoms with Crippen LogP contribution in [0.25, 0.3) is 0 Å². The first-order valence-corrected chi connectivity index (χ1v) is 6.14. The number of hydrogen-bond acceptors (Lipinski definition) is 1. The van der Waals surface area contributed by atoms with Gasteiger partial charge in [0.25, 0.3) is 0 Å². The van der Waals surface area contributed by atoms with Gasteiger partial charge in [0.1, 0.15) is 5.82 Å². The van der Waals surface area contributed by atoms with Gasteiger partial charge in [-0.05, 0) is 24.6 Å². The van der Waals surface area contributed by atoms with Crippen molar-refractivity contribution < 1.29 is 4.39 Å². The lowest BCUT2D eigenvalue weighted by molar-refractivity contribution is 0.359. The van der Waals surface area contributed by atoms with Crippen molar-refractivity contribution in [3.05, 3.63) is 34.6 Å². The highest BCUT2D eigenvalue weighted by Crippen LogP contribution is 2.32. The first kappa shape index (κ1) is 13.5. The number of hydrogen-bond donors (Lipinski definition) is 1. The summed E-state index contributed by atoms with van der Waals surface area (Å²) in [6.45, 7) is 4.29. The minimum absolute atomic E-state index is 0.123. The average Bonchev–Trinajstić information content (AvgIpc) is 2.30. The van der Waals surface area contributed by atoms with Gasteiger partial charge in [-0.15, -0.1) is 0 Å². The molecule has 0 fully saturated rings. The SMILES string of the molecule is CCC(CC)C(NC)c1cccc(F)c1Cl. The lowest BCUT2D eigenvalue weighted by Crippen LogP contribution is -2.25. The first-order chi connectivity index (χ1) is 7.65. The van der Waals surface area contributed by atoms with Gasteiger partial charge in [0, 0.05) is 6.04 Å². The predicted octanol–water partition coefficient (Wildman–Crippen LogP) is 4.18. The fourth-order valence-electron chi connectivity index (χ4n) is 2.17. The van der Waals surface area contributed by atoms with Crippen molar-refractivity contribution in [1.29, 1.82) is 0 Å². The third kappa shape index (κ3) is 2.74. The largest absolute Gasteiger partial charge is 0.313 e. The van der Waals surface area contributed by atoms with Gasteiger partial charge in [-0.25, -0.2) is 4.39 Å². The minimum Gasteiger partial charge on any atom is -0.313 e. The molecule has 0 saturated heterocycles. The summed E-state index contributed by atoms with van der Waals surface area (Å²) in [6.07, 6.45) is 2.10. The maximum Gasteiger partial charge on any atom is 0.142 e. The molecule has 0 saturated carbocycles. The van der Waals surface area contributed by atoms with Gasteiger partial charge in [-0.1, -0.05) is 50.4 Å². The zero-order chi connectivity index (χ0) is 12.1. The van der Waals surface area contributed by atoms with Crippen molar-refractivity contribution in [3.63, 3.8) is 0 Å². The van der Waals surface area contributed by atoms with E-state index in [2.05, 4.69) is 19.2 Å². The molecule has 0 aliphatic carbocycles. The fourth-order valence-corrected chi connectivity index (χ4v) is 2.41. The van der Waals surface area contributed by atoms with Crippen LogP contribution in [0.4, 0.5) is 4.39 Å². The van der Waals surface area contributed by atoms with Gasteiger partial charge in [-0.2, -0.15) is 0 Å². The Bertz CT molecular complexity index is 337. The zero-order valence-electron chi connectivity index (χ0n) is 10.1. The van der Waals surface area contributed by atoms with E-state index >= 15 is 0 Å². The van der Waals surface area contributed by atoms with Crippen molar-refractivity contribution in [2.75, 3.05) is 7.05 Å². The molecular formula is C13H19ClFN. The second-order valence-electron chi connectivity index (χ2n) is 3.99. The van der Waals surface area contributed by atoms with Crippen molar-refractivity contribution >= 4 is 11.6 Å². The molecule has 0 aromatic heterocycles. The molecule has 0 radical (unpaired) electrons. The Balaban J connectivity index is 3.07. The molecule has 0 aliphatic heterocycles. The highest BCUT2D eigenvalue weighted by molar-refractivity contribution is 6.31. The summed E-state index contributed by atoms with van der Waals surface area (Å²) in [5.74, 6) is 0.134. The van der Waals surface area contributed by atoms with Crippen LogP contribution in [-0.4, -0.2) is 7.05 Å². The maximum absolute atomic E-state index is 13.4. The van der Waals surface area contributed by atoms with E-state index in [0.29, 0.717) is 5.92 Å². The van der Waals surface area contributed by atoms with Crippen LogP contribution in [0.5, 0.6) is 0 Å². The predicted molar refractivity (Wildman–Crippen MR) is 67.3 cm³/mol. The van der Waals surface area contributed by atoms with Gasteiger partial charge in [0.2, 0.25) is 0 Å². The molecule has 0 spiro atoms. The molecule has 1 atom stereocenters. The van der Waals surface area contributed by atoms with Crippen LogP contribution in [0.1, 0.15) is 38.3 Å². The molecule has 1 aromatic rings. The second kappa shape index (κ2) is 6.21. The van der Waals surface area contributed by atoms with Gasteiger partial charge in [0.05, 0.1) is 5.02 Å². The van der Waals surface area contributed by atoms with E-state index in [1.807, 2.05) is 13.1 Å². The van der Waals surface area contributed by atoms with E-state index in [0.717, 1.165) is 18.4 Å². The van der Waals surface area contributed by atoms with E-state index in [-0.39, 0.29) is 16.9 Å². The van der Waals surface area contributed by atoms with Crippen molar-refractivity contribution in [2.24, 2.45) is 5.92 Å². The van der Waals surface area contributed by atoms with Crippen LogP contribution >= 0.6 is 11.6 Å². The van der Waals surface area contributed by atoms with Crippen LogP contribution in [0.2, 0.25) is 5.02 Å². The molecule has 1 nitrogen and oxygen atoms in total. The van der Waals surface area contributed by atoms with Crippen molar-refractivity contribution in [3.8, 4) is 0 Å². The highest BCUT2D eigenvalue weighted by Gasteiger charge is 2.21. The zero-order valence-corrected chi connectivity index (χ0v) is 10.8. The molecule has 0 amide bonds. The smallest absolute Gasteiger partial charge is 0.142 e. The summed E-state index contributed by atoms with van der Waals surface area (Å²) in [6, 6.07) is 5.12. The number of rotatable bonds is 5. The third-order valence-electron chi connectivity index (χ3n) is 3.15. The number of halogens is 2. The quantitative estimate of drug-likeness (QED) is 0.818. The Kier molecular flexibility index (Phi) is 5.23. The molecule has 0 bridgehead atoms. The van der Waals surface area contributed by atoms with Crippen LogP contribution < -0.4 is 5.32 Å². The van der Waals surface area contributed by atoms with Crippen LogP contribution in [0.3, 0.4) is 0 Å². The van der Waals surface area contributed by atoms with E-state index in [1.54, 1.807) is 6.07 Å². The van der Waals surface area contributed by atoms with E-state index in [4.69, 9.17) is 11.6 Å². The molecule has 0 aliphatic rings. The second-order valence-corrected chi connectivity index (χ2v) is 4.36. The molecule has 1 aromatic carbocycles. The summed E-state index contributed by atoms with van der Waals surface area (Å²) >= 11 is 6.01. The lowest BCUT2D eigenvalue weighted by Gasteiger charge is -2.26. The van der Waals surface area contributed by atoms with Crippen LogP contribution in [0.15, 0.2) is 18.2 Å². The van der Waals surface area contributed by atoms with Crippen LogP contribution in [0, 0.1) is 11.7 Å². The molecule has 1 unspecified atom stereocenters. The molecule has 90 valence electrons. The molecule has 0 heterocycles.